The molecule has 0 aromatic rings. The molecule has 0 saturated heterocycles. The van der Waals surface area contributed by atoms with E-state index in [1.54, 1.807) is 0 Å². The second-order valence-corrected chi connectivity index (χ2v) is 4.31. The van der Waals surface area contributed by atoms with Gasteiger partial charge in [0.2, 0.25) is 0 Å². The Hall–Kier alpha value is -0.0800. The summed E-state index contributed by atoms with van der Waals surface area (Å²) in [6.45, 7) is 5.49. The predicted octanol–water partition coefficient (Wildman–Crippen LogP) is 3.28. The Kier molecular flexibility index (Phi) is 11.9. The molecule has 0 bridgehead atoms. The monoisotopic (exact) mass is 214 g/mol. The van der Waals surface area contributed by atoms with Crippen LogP contribution in [0.3, 0.4) is 0 Å². The second-order valence-electron chi connectivity index (χ2n) is 4.31. The number of rotatable bonds is 11. The van der Waals surface area contributed by atoms with Crippen molar-refractivity contribution < 1.29 is 0 Å². The number of nitrogens with one attached hydrogen (secondary N) is 2. The van der Waals surface area contributed by atoms with Crippen LogP contribution in [0.2, 0.25) is 0 Å². The average Bonchev–Trinajstić information content (AvgIpc) is 2.26. The fraction of sp³-hybridized carbons (Fsp3) is 1.00. The van der Waals surface area contributed by atoms with Gasteiger partial charge in [0, 0.05) is 0 Å². The third kappa shape index (κ3) is 10.2. The molecule has 2 heteroatoms. The number of unbranched alkanes of at least 4 members (excludes halogenated alkanes) is 6. The van der Waals surface area contributed by atoms with E-state index in [9.17, 15) is 0 Å². The van der Waals surface area contributed by atoms with E-state index >= 15 is 0 Å². The first kappa shape index (κ1) is 14.9. The van der Waals surface area contributed by atoms with Crippen molar-refractivity contribution in [3.8, 4) is 0 Å². The van der Waals surface area contributed by atoms with Crippen molar-refractivity contribution in [2.45, 2.75) is 71.4 Å². The van der Waals surface area contributed by atoms with Crippen LogP contribution in [0.25, 0.3) is 0 Å². The van der Waals surface area contributed by atoms with Gasteiger partial charge in [-0.3, -0.25) is 0 Å². The van der Waals surface area contributed by atoms with Crippen molar-refractivity contribution in [1.82, 2.24) is 10.6 Å². The van der Waals surface area contributed by atoms with Gasteiger partial charge in [-0.2, -0.15) is 0 Å². The SMILES string of the molecule is CCCCCCCCCC(NC)NCC. The molecule has 0 radical (unpaired) electrons. The minimum Gasteiger partial charge on any atom is -0.305 e. The lowest BCUT2D eigenvalue weighted by Crippen LogP contribution is -2.39. The highest BCUT2D eigenvalue weighted by atomic mass is 15.1. The highest BCUT2D eigenvalue weighted by Gasteiger charge is 2.02. The molecule has 1 atom stereocenters. The van der Waals surface area contributed by atoms with Crippen LogP contribution in [0.5, 0.6) is 0 Å². The van der Waals surface area contributed by atoms with Gasteiger partial charge in [-0.1, -0.05) is 58.8 Å². The maximum atomic E-state index is 3.43. The minimum atomic E-state index is 0.519. The fourth-order valence-corrected chi connectivity index (χ4v) is 1.90. The Labute approximate surface area is 96.2 Å². The molecule has 0 aliphatic rings. The fourth-order valence-electron chi connectivity index (χ4n) is 1.90. The molecular formula is C13H30N2. The summed E-state index contributed by atoms with van der Waals surface area (Å²) >= 11 is 0. The van der Waals surface area contributed by atoms with Gasteiger partial charge in [-0.05, 0) is 20.0 Å². The highest BCUT2D eigenvalue weighted by Crippen LogP contribution is 2.08. The smallest absolute Gasteiger partial charge is 0.0569 e. The van der Waals surface area contributed by atoms with E-state index in [0.717, 1.165) is 6.54 Å². The van der Waals surface area contributed by atoms with Gasteiger partial charge in [0.15, 0.2) is 0 Å². The Bertz CT molecular complexity index is 115. The molecule has 0 spiro atoms. The first-order valence-corrected chi connectivity index (χ1v) is 6.75. The first-order valence-electron chi connectivity index (χ1n) is 6.75. The van der Waals surface area contributed by atoms with Gasteiger partial charge in [-0.15, -0.1) is 0 Å². The molecule has 0 heterocycles. The largest absolute Gasteiger partial charge is 0.305 e. The van der Waals surface area contributed by atoms with Crippen molar-refractivity contribution in [3.63, 3.8) is 0 Å². The first-order chi connectivity index (χ1) is 7.35. The average molecular weight is 214 g/mol. The summed E-state index contributed by atoms with van der Waals surface area (Å²) in [6, 6.07) is 0. The van der Waals surface area contributed by atoms with Crippen LogP contribution < -0.4 is 10.6 Å². The second kappa shape index (κ2) is 12.0. The van der Waals surface area contributed by atoms with Crippen molar-refractivity contribution in [2.24, 2.45) is 0 Å². The van der Waals surface area contributed by atoms with Gasteiger partial charge in [0.05, 0.1) is 6.17 Å². The van der Waals surface area contributed by atoms with Gasteiger partial charge in [0.1, 0.15) is 0 Å². The summed E-state index contributed by atoms with van der Waals surface area (Å²) in [6.07, 6.45) is 11.6. The van der Waals surface area contributed by atoms with E-state index in [0.29, 0.717) is 6.17 Å². The van der Waals surface area contributed by atoms with Crippen molar-refractivity contribution in [1.29, 1.82) is 0 Å². The van der Waals surface area contributed by atoms with E-state index in [-0.39, 0.29) is 0 Å². The molecule has 15 heavy (non-hydrogen) atoms. The molecular weight excluding hydrogens is 184 g/mol. The molecule has 2 N–H and O–H groups in total. The lowest BCUT2D eigenvalue weighted by atomic mass is 10.1. The Morgan fingerprint density at radius 1 is 0.867 bits per heavy atom. The third-order valence-electron chi connectivity index (χ3n) is 2.90. The summed E-state index contributed by atoms with van der Waals surface area (Å²) in [5.41, 5.74) is 0. The minimum absolute atomic E-state index is 0.519. The lowest BCUT2D eigenvalue weighted by molar-refractivity contribution is 0.417. The summed E-state index contributed by atoms with van der Waals surface area (Å²) in [4.78, 5) is 0. The standard InChI is InChI=1S/C13H30N2/c1-4-6-7-8-9-10-11-12-13(14-3)15-5-2/h13-15H,4-12H2,1-3H3. The van der Waals surface area contributed by atoms with Crippen LogP contribution in [0.1, 0.15) is 65.2 Å². The Balaban J connectivity index is 3.14. The molecule has 0 fully saturated rings. The van der Waals surface area contributed by atoms with Gasteiger partial charge in [-0.25, -0.2) is 0 Å². The highest BCUT2D eigenvalue weighted by molar-refractivity contribution is 4.60. The van der Waals surface area contributed by atoms with Gasteiger partial charge in [0.25, 0.3) is 0 Å². The lowest BCUT2D eigenvalue weighted by Gasteiger charge is -2.16. The van der Waals surface area contributed by atoms with Crippen molar-refractivity contribution in [2.75, 3.05) is 13.6 Å². The van der Waals surface area contributed by atoms with Crippen LogP contribution in [0, 0.1) is 0 Å². The van der Waals surface area contributed by atoms with Crippen LogP contribution in [-0.4, -0.2) is 19.8 Å². The maximum Gasteiger partial charge on any atom is 0.0569 e. The zero-order valence-corrected chi connectivity index (χ0v) is 10.9. The zero-order chi connectivity index (χ0) is 11.4. The quantitative estimate of drug-likeness (QED) is 0.407. The van der Waals surface area contributed by atoms with E-state index in [1.165, 1.54) is 51.4 Å². The van der Waals surface area contributed by atoms with Gasteiger partial charge < -0.3 is 10.6 Å². The molecule has 2 nitrogen and oxygen atoms in total. The van der Waals surface area contributed by atoms with E-state index < -0.39 is 0 Å². The van der Waals surface area contributed by atoms with Crippen molar-refractivity contribution >= 4 is 0 Å². The normalized spacial score (nSPS) is 13.0. The van der Waals surface area contributed by atoms with Crippen LogP contribution in [0.4, 0.5) is 0 Å². The molecule has 0 rings (SSSR count). The predicted molar refractivity (Wildman–Crippen MR) is 69.1 cm³/mol. The van der Waals surface area contributed by atoms with Crippen molar-refractivity contribution in [3.05, 3.63) is 0 Å². The molecule has 0 saturated carbocycles. The summed E-state index contributed by atoms with van der Waals surface area (Å²) in [7, 11) is 2.04. The number of hydrogen-bond donors (Lipinski definition) is 2. The molecule has 1 unspecified atom stereocenters. The van der Waals surface area contributed by atoms with Gasteiger partial charge >= 0.3 is 0 Å². The summed E-state index contributed by atoms with van der Waals surface area (Å²) in [5.74, 6) is 0. The Morgan fingerprint density at radius 2 is 1.47 bits per heavy atom. The number of hydrogen-bond acceptors (Lipinski definition) is 2. The molecule has 92 valence electrons. The maximum absolute atomic E-state index is 3.43. The summed E-state index contributed by atoms with van der Waals surface area (Å²) < 4.78 is 0. The van der Waals surface area contributed by atoms with Crippen LogP contribution >= 0.6 is 0 Å². The van der Waals surface area contributed by atoms with Crippen LogP contribution in [0.15, 0.2) is 0 Å². The topological polar surface area (TPSA) is 24.1 Å². The Morgan fingerprint density at radius 3 is 2.00 bits per heavy atom. The van der Waals surface area contributed by atoms with Crippen LogP contribution in [-0.2, 0) is 0 Å². The zero-order valence-electron chi connectivity index (χ0n) is 10.9. The van der Waals surface area contributed by atoms with E-state index in [1.807, 2.05) is 7.05 Å². The molecule has 0 aromatic carbocycles. The molecule has 0 aromatic heterocycles. The molecule has 0 amide bonds. The third-order valence-corrected chi connectivity index (χ3v) is 2.90. The molecule has 0 aliphatic carbocycles. The van der Waals surface area contributed by atoms with E-state index in [4.69, 9.17) is 0 Å². The van der Waals surface area contributed by atoms with E-state index in [2.05, 4.69) is 24.5 Å². The summed E-state index contributed by atoms with van der Waals surface area (Å²) in [5, 5.41) is 6.74. The molecule has 0 aliphatic heterocycles.